The Morgan fingerprint density at radius 3 is 2.57 bits per heavy atom. The van der Waals surface area contributed by atoms with E-state index < -0.39 is 10.0 Å². The van der Waals surface area contributed by atoms with Crippen molar-refractivity contribution in [1.82, 2.24) is 9.88 Å². The van der Waals surface area contributed by atoms with Crippen LogP contribution in [0.2, 0.25) is 5.02 Å². The Morgan fingerprint density at radius 1 is 0.973 bits per heavy atom. The number of piperidine rings is 1. The first kappa shape index (κ1) is 24.1. The lowest BCUT2D eigenvalue weighted by Crippen LogP contribution is -2.47. The van der Waals surface area contributed by atoms with Crippen molar-refractivity contribution in [2.45, 2.75) is 42.7 Å². The summed E-state index contributed by atoms with van der Waals surface area (Å²) in [5.41, 5.74) is 2.47. The number of aromatic nitrogens is 1. The average Bonchev–Trinajstić information content (AvgIpc) is 3.68. The number of fused-ring (bicyclic) bond motifs is 4. The fourth-order valence-corrected chi connectivity index (χ4v) is 6.83. The number of hydrogen-bond acceptors (Lipinski definition) is 5. The number of anilines is 2. The summed E-state index contributed by atoms with van der Waals surface area (Å²) >= 11 is 6.06. The molecule has 192 valence electrons. The smallest absolute Gasteiger partial charge is 0.262 e. The highest BCUT2D eigenvalue weighted by Gasteiger charge is 2.36. The normalized spacial score (nSPS) is 20.7. The van der Waals surface area contributed by atoms with Gasteiger partial charge in [0.1, 0.15) is 0 Å². The first-order chi connectivity index (χ1) is 17.8. The molecule has 10 heteroatoms. The van der Waals surface area contributed by atoms with Crippen molar-refractivity contribution in [2.24, 2.45) is 5.92 Å². The SMILES string of the molecule is O=C(NC1CC1)c1ccc(N2C[C@H]3C[C@@H](C2)c2cccc(=O)n2C3)c(NS(=O)(=O)c2cccc(Cl)c2)c1. The van der Waals surface area contributed by atoms with Gasteiger partial charge in [-0.2, -0.15) is 0 Å². The maximum absolute atomic E-state index is 13.3. The first-order valence-electron chi connectivity index (χ1n) is 12.4. The minimum atomic E-state index is -3.96. The molecule has 3 heterocycles. The summed E-state index contributed by atoms with van der Waals surface area (Å²) in [5, 5.41) is 3.29. The van der Waals surface area contributed by atoms with E-state index in [0.717, 1.165) is 25.0 Å². The Balaban J connectivity index is 1.36. The van der Waals surface area contributed by atoms with Crippen LogP contribution in [0.5, 0.6) is 0 Å². The molecule has 2 fully saturated rings. The van der Waals surface area contributed by atoms with E-state index in [1.807, 2.05) is 16.7 Å². The molecule has 8 nitrogen and oxygen atoms in total. The number of sulfonamides is 1. The highest BCUT2D eigenvalue weighted by molar-refractivity contribution is 7.92. The van der Waals surface area contributed by atoms with E-state index in [2.05, 4.69) is 14.9 Å². The summed E-state index contributed by atoms with van der Waals surface area (Å²) in [4.78, 5) is 27.4. The van der Waals surface area contributed by atoms with Gasteiger partial charge in [0.05, 0.1) is 16.3 Å². The van der Waals surface area contributed by atoms with Crippen LogP contribution < -0.4 is 20.5 Å². The quantitative estimate of drug-likeness (QED) is 0.497. The van der Waals surface area contributed by atoms with Crippen LogP contribution in [-0.2, 0) is 16.6 Å². The van der Waals surface area contributed by atoms with Crippen molar-refractivity contribution >= 4 is 38.9 Å². The molecule has 1 amide bonds. The zero-order chi connectivity index (χ0) is 25.7. The molecule has 2 aromatic carbocycles. The largest absolute Gasteiger partial charge is 0.369 e. The van der Waals surface area contributed by atoms with Gasteiger partial charge in [0.15, 0.2) is 0 Å². The molecule has 1 aliphatic carbocycles. The molecule has 0 spiro atoms. The van der Waals surface area contributed by atoms with Crippen LogP contribution in [0.1, 0.15) is 41.2 Å². The average molecular weight is 539 g/mol. The molecule has 1 saturated carbocycles. The third-order valence-electron chi connectivity index (χ3n) is 7.34. The van der Waals surface area contributed by atoms with E-state index in [-0.39, 0.29) is 34.2 Å². The molecule has 6 rings (SSSR count). The first-order valence-corrected chi connectivity index (χ1v) is 14.3. The monoisotopic (exact) mass is 538 g/mol. The van der Waals surface area contributed by atoms with Gasteiger partial charge < -0.3 is 14.8 Å². The molecule has 2 atom stereocenters. The number of nitrogens with zero attached hydrogens (tertiary/aromatic N) is 2. The highest BCUT2D eigenvalue weighted by Crippen LogP contribution is 2.40. The molecule has 0 radical (unpaired) electrons. The number of nitrogens with one attached hydrogen (secondary N) is 2. The maximum Gasteiger partial charge on any atom is 0.262 e. The van der Waals surface area contributed by atoms with E-state index in [9.17, 15) is 18.0 Å². The molecular weight excluding hydrogens is 512 g/mol. The van der Waals surface area contributed by atoms with Gasteiger partial charge in [-0.15, -0.1) is 0 Å². The molecule has 2 N–H and O–H groups in total. The number of rotatable bonds is 6. The molecule has 2 aliphatic heterocycles. The van der Waals surface area contributed by atoms with Crippen LogP contribution in [0, 0.1) is 5.92 Å². The summed E-state index contributed by atoms with van der Waals surface area (Å²) in [6.45, 7) is 1.95. The van der Waals surface area contributed by atoms with E-state index >= 15 is 0 Å². The zero-order valence-corrected chi connectivity index (χ0v) is 21.6. The summed E-state index contributed by atoms with van der Waals surface area (Å²) in [6, 6.07) is 16.8. The predicted octanol–water partition coefficient (Wildman–Crippen LogP) is 3.82. The third kappa shape index (κ3) is 4.85. The standard InChI is InChI=1S/C27H27ClN4O4S/c28-20-3-1-4-22(13-20)37(35,36)30-23-12-18(27(34)29-21-8-9-21)7-10-25(23)31-14-17-11-19(16-31)24-5-2-6-26(33)32(24)15-17/h1-7,10,12-13,17,19,21,30H,8-9,11,14-16H2,(H,29,34)/t17-,19+/m1/s1. The fraction of sp³-hybridized carbons (Fsp3) is 0.333. The van der Waals surface area contributed by atoms with Crippen LogP contribution in [0.4, 0.5) is 11.4 Å². The van der Waals surface area contributed by atoms with E-state index in [0.29, 0.717) is 41.6 Å². The second kappa shape index (κ2) is 9.22. The molecule has 3 aliphatic rings. The number of halogens is 1. The molecule has 0 unspecified atom stereocenters. The Morgan fingerprint density at radius 2 is 1.78 bits per heavy atom. The van der Waals surface area contributed by atoms with Crippen LogP contribution in [0.3, 0.4) is 0 Å². The molecule has 1 saturated heterocycles. The highest BCUT2D eigenvalue weighted by atomic mass is 35.5. The van der Waals surface area contributed by atoms with E-state index in [1.54, 1.807) is 36.4 Å². The molecule has 2 bridgehead atoms. The summed E-state index contributed by atoms with van der Waals surface area (Å²) < 4.78 is 31.2. The van der Waals surface area contributed by atoms with Gasteiger partial charge in [-0.25, -0.2) is 8.42 Å². The third-order valence-corrected chi connectivity index (χ3v) is 8.94. The summed E-state index contributed by atoms with van der Waals surface area (Å²) in [6.07, 6.45) is 2.89. The minimum absolute atomic E-state index is 0.0154. The van der Waals surface area contributed by atoms with Crippen LogP contribution >= 0.6 is 11.6 Å². The number of hydrogen-bond donors (Lipinski definition) is 2. The topological polar surface area (TPSA) is 101 Å². The van der Waals surface area contributed by atoms with E-state index in [1.165, 1.54) is 12.1 Å². The maximum atomic E-state index is 13.3. The number of carbonyl (C=O) groups is 1. The fourth-order valence-electron chi connectivity index (χ4n) is 5.46. The number of benzene rings is 2. The number of amides is 1. The van der Waals surface area contributed by atoms with Gasteiger partial charge in [0.25, 0.3) is 21.5 Å². The molecular formula is C27H27ClN4O4S. The Labute approximate surface area is 220 Å². The van der Waals surface area contributed by atoms with Crippen LogP contribution in [-0.4, -0.2) is 38.0 Å². The minimum Gasteiger partial charge on any atom is -0.369 e. The summed E-state index contributed by atoms with van der Waals surface area (Å²) in [5.74, 6) is 0.180. The second-order valence-electron chi connectivity index (χ2n) is 10.1. The number of carbonyl (C=O) groups excluding carboxylic acids is 1. The van der Waals surface area contributed by atoms with Gasteiger partial charge in [0.2, 0.25) is 0 Å². The molecule has 37 heavy (non-hydrogen) atoms. The molecule has 1 aromatic heterocycles. The van der Waals surface area contributed by atoms with E-state index in [4.69, 9.17) is 11.6 Å². The van der Waals surface area contributed by atoms with Gasteiger partial charge in [-0.3, -0.25) is 14.3 Å². The second-order valence-corrected chi connectivity index (χ2v) is 12.3. The predicted molar refractivity (Wildman–Crippen MR) is 143 cm³/mol. The van der Waals surface area contributed by atoms with Gasteiger partial charge in [-0.05, 0) is 67.6 Å². The van der Waals surface area contributed by atoms with Crippen molar-refractivity contribution in [3.8, 4) is 0 Å². The lowest BCUT2D eigenvalue weighted by molar-refractivity contribution is 0.0951. The zero-order valence-electron chi connectivity index (χ0n) is 20.1. The van der Waals surface area contributed by atoms with Crippen LogP contribution in [0.25, 0.3) is 0 Å². The van der Waals surface area contributed by atoms with Crippen molar-refractivity contribution in [1.29, 1.82) is 0 Å². The Bertz CT molecular complexity index is 1550. The van der Waals surface area contributed by atoms with Crippen molar-refractivity contribution in [2.75, 3.05) is 22.7 Å². The van der Waals surface area contributed by atoms with Crippen molar-refractivity contribution < 1.29 is 13.2 Å². The summed E-state index contributed by atoms with van der Waals surface area (Å²) in [7, 11) is -3.96. The Kier molecular flexibility index (Phi) is 6.00. The lowest BCUT2D eigenvalue weighted by atomic mass is 9.83. The van der Waals surface area contributed by atoms with Crippen molar-refractivity contribution in [3.05, 3.63) is 87.3 Å². The van der Waals surface area contributed by atoms with Crippen LogP contribution in [0.15, 0.2) is 70.4 Å². The Hall–Kier alpha value is -3.30. The number of pyridine rings is 1. The lowest BCUT2D eigenvalue weighted by Gasteiger charge is -2.44. The molecule has 3 aromatic rings. The van der Waals surface area contributed by atoms with Gasteiger partial charge in [0, 0.05) is 53.9 Å². The van der Waals surface area contributed by atoms with Crippen molar-refractivity contribution in [3.63, 3.8) is 0 Å². The van der Waals surface area contributed by atoms with Gasteiger partial charge >= 0.3 is 0 Å². The van der Waals surface area contributed by atoms with Gasteiger partial charge in [-0.1, -0.05) is 23.7 Å².